The molecule has 2 aliphatic rings. The fourth-order valence-corrected chi connectivity index (χ4v) is 6.10. The van der Waals surface area contributed by atoms with Gasteiger partial charge in [-0.25, -0.2) is 0 Å². The molecule has 1 aliphatic heterocycles. The van der Waals surface area contributed by atoms with E-state index in [0.717, 1.165) is 51.0 Å². The van der Waals surface area contributed by atoms with Crippen molar-refractivity contribution in [3.63, 3.8) is 0 Å². The fourth-order valence-electron chi connectivity index (χ4n) is 4.70. The summed E-state index contributed by atoms with van der Waals surface area (Å²) in [5, 5.41) is 3.68. The Kier molecular flexibility index (Phi) is 7.33. The Morgan fingerprint density at radius 1 is 1.09 bits per heavy atom. The van der Waals surface area contributed by atoms with Gasteiger partial charge in [0.15, 0.2) is 11.5 Å². The quantitative estimate of drug-likeness (QED) is 0.651. The number of methoxy groups -OCH3 is 3. The maximum absolute atomic E-state index is 13.7. The molecule has 2 heterocycles. The van der Waals surface area contributed by atoms with Gasteiger partial charge in [0.1, 0.15) is 5.00 Å². The number of quaternary nitrogens is 1. The van der Waals surface area contributed by atoms with E-state index in [1.807, 2.05) is 4.90 Å². The predicted octanol–water partition coefficient (Wildman–Crippen LogP) is 2.12. The number of hydrogen-bond donors (Lipinski definition) is 2. The highest BCUT2D eigenvalue weighted by Crippen LogP contribution is 2.42. The Morgan fingerprint density at radius 2 is 1.74 bits per heavy atom. The van der Waals surface area contributed by atoms with E-state index in [1.54, 1.807) is 12.1 Å². The second kappa shape index (κ2) is 10.2. The first-order valence-electron chi connectivity index (χ1n) is 11.7. The molecule has 9 heteroatoms. The molecule has 34 heavy (non-hydrogen) atoms. The van der Waals surface area contributed by atoms with Crippen LogP contribution in [0.1, 0.15) is 44.5 Å². The number of carbonyl (C=O) groups excluding carboxylic acids is 2. The predicted molar refractivity (Wildman–Crippen MR) is 132 cm³/mol. The van der Waals surface area contributed by atoms with E-state index in [4.69, 9.17) is 14.2 Å². The van der Waals surface area contributed by atoms with E-state index in [2.05, 4.69) is 19.3 Å². The van der Waals surface area contributed by atoms with Crippen LogP contribution in [0.5, 0.6) is 17.2 Å². The summed E-state index contributed by atoms with van der Waals surface area (Å²) in [6.07, 6.45) is 2.86. The summed E-state index contributed by atoms with van der Waals surface area (Å²) >= 11 is 1.54. The first-order chi connectivity index (χ1) is 16.4. The normalized spacial score (nSPS) is 18.3. The average molecular weight is 489 g/mol. The van der Waals surface area contributed by atoms with Gasteiger partial charge in [0.25, 0.3) is 11.8 Å². The number of fused-ring (bicyclic) bond motifs is 1. The summed E-state index contributed by atoms with van der Waals surface area (Å²) < 4.78 is 16.2. The zero-order valence-corrected chi connectivity index (χ0v) is 21.4. The van der Waals surface area contributed by atoms with Gasteiger partial charge in [-0.2, -0.15) is 0 Å². The molecule has 0 spiro atoms. The summed E-state index contributed by atoms with van der Waals surface area (Å²) in [7, 11) is 6.71. The highest BCUT2D eigenvalue weighted by molar-refractivity contribution is 7.17. The number of likely N-dealkylation sites (N-methyl/N-ethyl adjacent to an activating group) is 1. The van der Waals surface area contributed by atoms with Gasteiger partial charge in [-0.3, -0.25) is 9.59 Å². The van der Waals surface area contributed by atoms with Gasteiger partial charge < -0.3 is 29.3 Å². The molecular weight excluding hydrogens is 454 g/mol. The minimum absolute atomic E-state index is 0.0275. The number of thiophene rings is 1. The van der Waals surface area contributed by atoms with Crippen LogP contribution in [-0.4, -0.2) is 71.3 Å². The monoisotopic (exact) mass is 488 g/mol. The van der Waals surface area contributed by atoms with E-state index in [-0.39, 0.29) is 11.8 Å². The van der Waals surface area contributed by atoms with Gasteiger partial charge in [-0.05, 0) is 42.9 Å². The molecule has 0 unspecified atom stereocenters. The second-order valence-electron chi connectivity index (χ2n) is 9.17. The Hall–Kier alpha value is -2.78. The third kappa shape index (κ3) is 4.72. The van der Waals surface area contributed by atoms with E-state index in [0.29, 0.717) is 39.3 Å². The number of hydrogen-bond acceptors (Lipinski definition) is 6. The lowest BCUT2D eigenvalue weighted by atomic mass is 9.88. The van der Waals surface area contributed by atoms with Crippen molar-refractivity contribution in [2.45, 2.75) is 26.2 Å². The van der Waals surface area contributed by atoms with Gasteiger partial charge in [0.2, 0.25) is 5.75 Å². The molecule has 0 saturated carbocycles. The molecule has 8 nitrogen and oxygen atoms in total. The summed E-state index contributed by atoms with van der Waals surface area (Å²) in [6, 6.07) is 3.24. The molecule has 1 saturated heterocycles. The first kappa shape index (κ1) is 24.3. The van der Waals surface area contributed by atoms with Crippen LogP contribution in [0.2, 0.25) is 0 Å². The lowest BCUT2D eigenvalue weighted by Gasteiger charge is -2.30. The Bertz CT molecular complexity index is 1050. The van der Waals surface area contributed by atoms with E-state index in [9.17, 15) is 9.59 Å². The van der Waals surface area contributed by atoms with Gasteiger partial charge in [-0.1, -0.05) is 6.92 Å². The van der Waals surface area contributed by atoms with Gasteiger partial charge >= 0.3 is 0 Å². The topological polar surface area (TPSA) is 81.5 Å². The van der Waals surface area contributed by atoms with Crippen molar-refractivity contribution >= 4 is 28.2 Å². The number of amides is 2. The van der Waals surface area contributed by atoms with Gasteiger partial charge in [0.05, 0.1) is 60.1 Å². The third-order valence-electron chi connectivity index (χ3n) is 6.78. The number of rotatable bonds is 6. The molecular formula is C25H34N3O5S+. The molecule has 1 atom stereocenters. The maximum atomic E-state index is 13.7. The van der Waals surface area contributed by atoms with Crippen molar-refractivity contribution in [3.05, 3.63) is 33.7 Å². The van der Waals surface area contributed by atoms with Crippen LogP contribution < -0.4 is 24.4 Å². The highest BCUT2D eigenvalue weighted by Gasteiger charge is 2.32. The molecule has 1 aromatic carbocycles. The smallest absolute Gasteiger partial charge is 0.257 e. The summed E-state index contributed by atoms with van der Waals surface area (Å²) in [6.45, 7) is 5.56. The van der Waals surface area contributed by atoms with Crippen LogP contribution in [0.3, 0.4) is 0 Å². The molecule has 2 aromatic rings. The largest absolute Gasteiger partial charge is 0.493 e. The molecule has 1 aliphatic carbocycles. The SMILES string of the molecule is COc1cc(C(=O)Nc2sc3c(c2C(=O)N2CC[NH+](C)CC2)CC[C@H](C)C3)cc(OC)c1OC. The van der Waals surface area contributed by atoms with Crippen molar-refractivity contribution in [1.29, 1.82) is 0 Å². The fraction of sp³-hybridized carbons (Fsp3) is 0.520. The first-order valence-corrected chi connectivity index (χ1v) is 12.5. The van der Waals surface area contributed by atoms with Gasteiger partial charge in [-0.15, -0.1) is 11.3 Å². The number of ether oxygens (including phenoxy) is 3. The zero-order valence-electron chi connectivity index (χ0n) is 20.6. The third-order valence-corrected chi connectivity index (χ3v) is 7.95. The molecule has 0 radical (unpaired) electrons. The standard InChI is InChI=1S/C25H33N3O5S/c1-15-6-7-17-20(12-15)34-24(21(17)25(30)28-10-8-27(2)9-11-28)26-23(29)16-13-18(31-3)22(33-5)19(14-16)32-4/h13-15H,6-12H2,1-5H3,(H,26,29)/p+1/t15-/m0/s1. The second-order valence-corrected chi connectivity index (χ2v) is 10.3. The van der Waals surface area contributed by atoms with Crippen LogP contribution in [0.15, 0.2) is 12.1 Å². The zero-order chi connectivity index (χ0) is 24.4. The van der Waals surface area contributed by atoms with Crippen molar-refractivity contribution < 1.29 is 28.7 Å². The number of benzene rings is 1. The number of nitrogens with one attached hydrogen (secondary N) is 2. The molecule has 2 amide bonds. The average Bonchev–Trinajstić information content (AvgIpc) is 3.19. The van der Waals surface area contributed by atoms with Crippen molar-refractivity contribution in [2.24, 2.45) is 5.92 Å². The molecule has 1 fully saturated rings. The van der Waals surface area contributed by atoms with E-state index >= 15 is 0 Å². The molecule has 1 aromatic heterocycles. The summed E-state index contributed by atoms with van der Waals surface area (Å²) in [5.41, 5.74) is 2.16. The number of piperazine rings is 1. The summed E-state index contributed by atoms with van der Waals surface area (Å²) in [4.78, 5) is 31.6. The van der Waals surface area contributed by atoms with Crippen molar-refractivity contribution in [1.82, 2.24) is 4.90 Å². The molecule has 184 valence electrons. The number of nitrogens with zero attached hydrogens (tertiary/aromatic N) is 1. The number of anilines is 1. The van der Waals surface area contributed by atoms with Crippen molar-refractivity contribution in [2.75, 3.05) is 59.9 Å². The highest BCUT2D eigenvalue weighted by atomic mass is 32.1. The Labute approximate surface area is 204 Å². The van der Waals surface area contributed by atoms with Crippen LogP contribution in [0.25, 0.3) is 0 Å². The lowest BCUT2D eigenvalue weighted by molar-refractivity contribution is -0.883. The number of carbonyl (C=O) groups is 2. The minimum Gasteiger partial charge on any atom is -0.493 e. The van der Waals surface area contributed by atoms with E-state index < -0.39 is 0 Å². The summed E-state index contributed by atoms with van der Waals surface area (Å²) in [5.74, 6) is 1.52. The van der Waals surface area contributed by atoms with Gasteiger partial charge in [0, 0.05) is 10.4 Å². The minimum atomic E-state index is -0.317. The molecule has 2 N–H and O–H groups in total. The van der Waals surface area contributed by atoms with Crippen LogP contribution >= 0.6 is 11.3 Å². The lowest BCUT2D eigenvalue weighted by Crippen LogP contribution is -3.12. The van der Waals surface area contributed by atoms with Crippen molar-refractivity contribution in [3.8, 4) is 17.2 Å². The van der Waals surface area contributed by atoms with Crippen LogP contribution in [0.4, 0.5) is 5.00 Å². The van der Waals surface area contributed by atoms with Crippen LogP contribution in [-0.2, 0) is 12.8 Å². The van der Waals surface area contributed by atoms with E-state index in [1.165, 1.54) is 42.4 Å². The Balaban J connectivity index is 1.68. The molecule has 4 rings (SSSR count). The maximum Gasteiger partial charge on any atom is 0.257 e. The Morgan fingerprint density at radius 3 is 2.32 bits per heavy atom. The molecule has 0 bridgehead atoms. The van der Waals surface area contributed by atoms with Crippen LogP contribution in [0, 0.1) is 5.92 Å².